The highest BCUT2D eigenvalue weighted by Gasteiger charge is 2.43. The molecule has 0 aromatic heterocycles. The first-order chi connectivity index (χ1) is 8.16. The Hall–Kier alpha value is -1.55. The van der Waals surface area contributed by atoms with Crippen LogP contribution in [0.15, 0.2) is 24.3 Å². The molecule has 92 valence electrons. The van der Waals surface area contributed by atoms with Crippen LogP contribution in [-0.4, -0.2) is 21.8 Å². The number of hydrogen-bond donors (Lipinski definition) is 2. The van der Waals surface area contributed by atoms with Crippen molar-refractivity contribution in [2.24, 2.45) is 0 Å². The van der Waals surface area contributed by atoms with Crippen LogP contribution in [0.4, 0.5) is 0 Å². The second kappa shape index (κ2) is 4.75. The average molecular weight is 236 g/mol. The zero-order valence-electron chi connectivity index (χ0n) is 9.56. The van der Waals surface area contributed by atoms with E-state index in [9.17, 15) is 9.90 Å². The molecule has 1 fully saturated rings. The molecule has 4 heteroatoms. The lowest BCUT2D eigenvalue weighted by Gasteiger charge is -2.25. The lowest BCUT2D eigenvalue weighted by atomic mass is 10.0. The van der Waals surface area contributed by atoms with Gasteiger partial charge in [0.05, 0.1) is 6.61 Å². The number of hydrogen-bond acceptors (Lipinski definition) is 3. The van der Waals surface area contributed by atoms with Gasteiger partial charge in [-0.2, -0.15) is 0 Å². The highest BCUT2D eigenvalue weighted by molar-refractivity contribution is 5.78. The fourth-order valence-electron chi connectivity index (χ4n) is 2.19. The van der Waals surface area contributed by atoms with Gasteiger partial charge in [-0.1, -0.05) is 12.1 Å². The minimum absolute atomic E-state index is 0.0235. The van der Waals surface area contributed by atoms with Crippen molar-refractivity contribution in [3.05, 3.63) is 29.8 Å². The molecule has 0 aliphatic heterocycles. The maximum absolute atomic E-state index is 11.3. The zero-order valence-corrected chi connectivity index (χ0v) is 9.56. The van der Waals surface area contributed by atoms with Crippen molar-refractivity contribution in [2.45, 2.75) is 37.9 Å². The molecule has 1 aromatic carbocycles. The van der Waals surface area contributed by atoms with Gasteiger partial charge in [-0.3, -0.25) is 0 Å². The van der Waals surface area contributed by atoms with Crippen molar-refractivity contribution < 1.29 is 19.7 Å². The van der Waals surface area contributed by atoms with Gasteiger partial charge in [-0.05, 0) is 43.4 Å². The topological polar surface area (TPSA) is 66.8 Å². The van der Waals surface area contributed by atoms with Crippen molar-refractivity contribution in [1.29, 1.82) is 0 Å². The Morgan fingerprint density at radius 3 is 2.29 bits per heavy atom. The van der Waals surface area contributed by atoms with Crippen molar-refractivity contribution in [3.63, 3.8) is 0 Å². The molecule has 1 aliphatic rings. The predicted octanol–water partition coefficient (Wildman–Crippen LogP) is 1.96. The minimum atomic E-state index is -1.05. The highest BCUT2D eigenvalue weighted by atomic mass is 16.5. The third-order valence-electron chi connectivity index (χ3n) is 3.22. The average Bonchev–Trinajstić information content (AvgIpc) is 2.80. The number of rotatable bonds is 4. The van der Waals surface area contributed by atoms with E-state index in [0.717, 1.165) is 18.4 Å². The van der Waals surface area contributed by atoms with E-state index >= 15 is 0 Å². The maximum Gasteiger partial charge on any atom is 0.348 e. The van der Waals surface area contributed by atoms with Gasteiger partial charge in [-0.25, -0.2) is 4.79 Å². The molecular formula is C13H16O4. The Morgan fingerprint density at radius 1 is 1.24 bits per heavy atom. The Morgan fingerprint density at radius 2 is 1.82 bits per heavy atom. The van der Waals surface area contributed by atoms with Gasteiger partial charge >= 0.3 is 5.97 Å². The molecule has 17 heavy (non-hydrogen) atoms. The van der Waals surface area contributed by atoms with Gasteiger partial charge in [0.1, 0.15) is 5.75 Å². The number of aliphatic hydroxyl groups excluding tert-OH is 1. The molecule has 0 atom stereocenters. The van der Waals surface area contributed by atoms with Gasteiger partial charge in [0.15, 0.2) is 0 Å². The molecule has 0 spiro atoms. The van der Waals surface area contributed by atoms with E-state index in [0.29, 0.717) is 18.6 Å². The summed E-state index contributed by atoms with van der Waals surface area (Å²) < 4.78 is 5.64. The Labute approximate surface area is 99.8 Å². The Balaban J connectivity index is 2.15. The van der Waals surface area contributed by atoms with Crippen LogP contribution in [0.1, 0.15) is 31.2 Å². The molecule has 0 saturated heterocycles. The van der Waals surface area contributed by atoms with Gasteiger partial charge in [0.2, 0.25) is 5.60 Å². The number of carbonyl (C=O) groups is 1. The largest absolute Gasteiger partial charge is 0.478 e. The van der Waals surface area contributed by atoms with Crippen LogP contribution in [0.2, 0.25) is 0 Å². The standard InChI is InChI=1S/C13H16O4/c14-9-10-3-5-11(6-4-10)17-13(12(15)16)7-1-2-8-13/h3-6,14H,1-2,7-9H2,(H,15,16). The smallest absolute Gasteiger partial charge is 0.348 e. The molecule has 1 saturated carbocycles. The lowest BCUT2D eigenvalue weighted by molar-refractivity contribution is -0.154. The molecule has 0 radical (unpaired) electrons. The summed E-state index contributed by atoms with van der Waals surface area (Å²) in [5.74, 6) is -0.340. The molecule has 2 N–H and O–H groups in total. The number of aliphatic hydroxyl groups is 1. The molecule has 0 bridgehead atoms. The highest BCUT2D eigenvalue weighted by Crippen LogP contribution is 2.34. The third kappa shape index (κ3) is 2.42. The summed E-state index contributed by atoms with van der Waals surface area (Å²) in [7, 11) is 0. The summed E-state index contributed by atoms with van der Waals surface area (Å²) in [6, 6.07) is 6.88. The maximum atomic E-state index is 11.3. The van der Waals surface area contributed by atoms with Crippen LogP contribution in [0, 0.1) is 0 Å². The molecule has 1 aliphatic carbocycles. The van der Waals surface area contributed by atoms with Gasteiger partial charge in [0, 0.05) is 0 Å². The fraction of sp³-hybridized carbons (Fsp3) is 0.462. The number of ether oxygens (including phenoxy) is 1. The molecule has 1 aromatic rings. The second-order valence-electron chi connectivity index (χ2n) is 4.41. The summed E-state index contributed by atoms with van der Waals surface area (Å²) in [6.45, 7) is -0.0235. The first-order valence-electron chi connectivity index (χ1n) is 5.78. The van der Waals surface area contributed by atoms with Crippen LogP contribution >= 0.6 is 0 Å². The van der Waals surface area contributed by atoms with Crippen LogP contribution in [0.3, 0.4) is 0 Å². The van der Waals surface area contributed by atoms with Crippen molar-refractivity contribution in [1.82, 2.24) is 0 Å². The van der Waals surface area contributed by atoms with Crippen molar-refractivity contribution in [2.75, 3.05) is 0 Å². The zero-order chi connectivity index (χ0) is 12.3. The fourth-order valence-corrected chi connectivity index (χ4v) is 2.19. The third-order valence-corrected chi connectivity index (χ3v) is 3.22. The number of aliphatic carboxylic acids is 1. The monoisotopic (exact) mass is 236 g/mol. The summed E-state index contributed by atoms with van der Waals surface area (Å²) in [5.41, 5.74) is -0.270. The summed E-state index contributed by atoms with van der Waals surface area (Å²) in [4.78, 5) is 11.3. The van der Waals surface area contributed by atoms with Gasteiger partial charge in [0.25, 0.3) is 0 Å². The van der Waals surface area contributed by atoms with E-state index in [1.54, 1.807) is 24.3 Å². The van der Waals surface area contributed by atoms with Gasteiger partial charge in [-0.15, -0.1) is 0 Å². The molecule has 0 amide bonds. The lowest BCUT2D eigenvalue weighted by Crippen LogP contribution is -2.41. The molecule has 2 rings (SSSR count). The quantitative estimate of drug-likeness (QED) is 0.838. The number of carboxylic acid groups (broad SMARTS) is 1. The second-order valence-corrected chi connectivity index (χ2v) is 4.41. The number of carboxylic acids is 1. The van der Waals surface area contributed by atoms with E-state index in [4.69, 9.17) is 9.84 Å². The SMILES string of the molecule is O=C(O)C1(Oc2ccc(CO)cc2)CCCC1. The summed E-state index contributed by atoms with van der Waals surface area (Å²) >= 11 is 0. The van der Waals surface area contributed by atoms with E-state index in [1.165, 1.54) is 0 Å². The van der Waals surface area contributed by atoms with Crippen LogP contribution in [0.5, 0.6) is 5.75 Å². The number of benzene rings is 1. The summed E-state index contributed by atoms with van der Waals surface area (Å²) in [5, 5.41) is 18.2. The Kier molecular flexibility index (Phi) is 3.33. The van der Waals surface area contributed by atoms with Crippen LogP contribution in [0.25, 0.3) is 0 Å². The molecule has 0 unspecified atom stereocenters. The Bertz CT molecular complexity index is 390. The first-order valence-corrected chi connectivity index (χ1v) is 5.78. The predicted molar refractivity (Wildman–Crippen MR) is 61.8 cm³/mol. The van der Waals surface area contributed by atoms with Gasteiger partial charge < -0.3 is 14.9 Å². The van der Waals surface area contributed by atoms with Crippen molar-refractivity contribution in [3.8, 4) is 5.75 Å². The normalized spacial score (nSPS) is 17.9. The minimum Gasteiger partial charge on any atom is -0.478 e. The van der Waals surface area contributed by atoms with E-state index in [-0.39, 0.29) is 6.61 Å². The van der Waals surface area contributed by atoms with E-state index in [2.05, 4.69) is 0 Å². The summed E-state index contributed by atoms with van der Waals surface area (Å²) in [6.07, 6.45) is 2.90. The van der Waals surface area contributed by atoms with E-state index < -0.39 is 11.6 Å². The van der Waals surface area contributed by atoms with Crippen LogP contribution in [-0.2, 0) is 11.4 Å². The molecular weight excluding hydrogens is 220 g/mol. The van der Waals surface area contributed by atoms with Crippen molar-refractivity contribution >= 4 is 5.97 Å². The van der Waals surface area contributed by atoms with Crippen LogP contribution < -0.4 is 4.74 Å². The molecule has 0 heterocycles. The van der Waals surface area contributed by atoms with E-state index in [1.807, 2.05) is 0 Å². The molecule has 4 nitrogen and oxygen atoms in total. The first kappa shape index (κ1) is 11.9.